The number of benzene rings is 1. The van der Waals surface area contributed by atoms with Crippen LogP contribution in [0.15, 0.2) is 39.7 Å². The van der Waals surface area contributed by atoms with Gasteiger partial charge in [0.25, 0.3) is 5.91 Å². The first kappa shape index (κ1) is 16.7. The minimum Gasteiger partial charge on any atom is -0.493 e. The number of nitrogens with zero attached hydrogens (tertiary/aromatic N) is 3. The van der Waals surface area contributed by atoms with Gasteiger partial charge in [0.15, 0.2) is 5.82 Å². The number of hydrogen-bond donors (Lipinski definition) is 1. The van der Waals surface area contributed by atoms with Gasteiger partial charge in [-0.3, -0.25) is 9.48 Å². The normalized spacial score (nSPS) is 10.8. The van der Waals surface area contributed by atoms with Crippen LogP contribution in [0, 0.1) is 0 Å². The number of amides is 1. The number of ether oxygens (including phenoxy) is 1. The second-order valence-electron chi connectivity index (χ2n) is 5.41. The molecule has 8 heteroatoms. The van der Waals surface area contributed by atoms with E-state index in [1.165, 1.54) is 6.07 Å². The van der Waals surface area contributed by atoms with Crippen molar-refractivity contribution in [1.29, 1.82) is 0 Å². The van der Waals surface area contributed by atoms with Gasteiger partial charge < -0.3 is 14.5 Å². The molecular weight excluding hydrogens is 324 g/mol. The summed E-state index contributed by atoms with van der Waals surface area (Å²) in [6, 6.07) is 6.64. The molecule has 2 aromatic heterocycles. The maximum atomic E-state index is 12.3. The van der Waals surface area contributed by atoms with Crippen LogP contribution in [0.1, 0.15) is 30.6 Å². The van der Waals surface area contributed by atoms with E-state index in [0.717, 1.165) is 6.42 Å². The molecule has 1 N–H and O–H groups in total. The standard InChI is InChI=1S/C17H18N4O4/c1-3-7-24-12-6-5-11-8-13(17(23)25-14(11)9-12)16(22)18-15-10-21(4-2)20-19-15/h5-6,8-10H,3-4,7H2,1-2H3,(H,18,22). The number of rotatable bonds is 6. The smallest absolute Gasteiger partial charge is 0.349 e. The lowest BCUT2D eigenvalue weighted by Crippen LogP contribution is -2.20. The molecule has 2 heterocycles. The van der Waals surface area contributed by atoms with E-state index in [1.807, 2.05) is 13.8 Å². The van der Waals surface area contributed by atoms with Crippen molar-refractivity contribution in [2.75, 3.05) is 11.9 Å². The molecule has 25 heavy (non-hydrogen) atoms. The highest BCUT2D eigenvalue weighted by Crippen LogP contribution is 2.21. The Morgan fingerprint density at radius 3 is 2.88 bits per heavy atom. The summed E-state index contributed by atoms with van der Waals surface area (Å²) in [6.07, 6.45) is 2.46. The van der Waals surface area contributed by atoms with E-state index in [9.17, 15) is 9.59 Å². The van der Waals surface area contributed by atoms with Gasteiger partial charge in [-0.15, -0.1) is 5.10 Å². The molecule has 0 saturated heterocycles. The molecule has 1 aromatic carbocycles. The number of nitrogens with one attached hydrogen (secondary N) is 1. The fourth-order valence-corrected chi connectivity index (χ4v) is 2.25. The molecule has 3 rings (SSSR count). The summed E-state index contributed by atoms with van der Waals surface area (Å²) in [5, 5.41) is 10.8. The quantitative estimate of drug-likeness (QED) is 0.691. The van der Waals surface area contributed by atoms with Gasteiger partial charge >= 0.3 is 5.63 Å². The molecule has 0 aliphatic carbocycles. The van der Waals surface area contributed by atoms with Crippen LogP contribution in [-0.4, -0.2) is 27.5 Å². The molecule has 3 aromatic rings. The summed E-state index contributed by atoms with van der Waals surface area (Å²) in [5.74, 6) is 0.297. The Kier molecular flexibility index (Phi) is 4.78. The Morgan fingerprint density at radius 1 is 1.32 bits per heavy atom. The van der Waals surface area contributed by atoms with Gasteiger partial charge in [-0.25, -0.2) is 4.79 Å². The lowest BCUT2D eigenvalue weighted by Gasteiger charge is -2.06. The van der Waals surface area contributed by atoms with Crippen LogP contribution < -0.4 is 15.7 Å². The first-order chi connectivity index (χ1) is 12.1. The van der Waals surface area contributed by atoms with Gasteiger partial charge in [0, 0.05) is 18.0 Å². The van der Waals surface area contributed by atoms with Gasteiger partial charge in [-0.05, 0) is 31.5 Å². The van der Waals surface area contributed by atoms with E-state index >= 15 is 0 Å². The highest BCUT2D eigenvalue weighted by atomic mass is 16.5. The topological polar surface area (TPSA) is 99.2 Å². The molecule has 0 atom stereocenters. The average molecular weight is 342 g/mol. The molecule has 130 valence electrons. The maximum absolute atomic E-state index is 12.3. The van der Waals surface area contributed by atoms with Crippen LogP contribution in [0.5, 0.6) is 5.75 Å². The summed E-state index contributed by atoms with van der Waals surface area (Å²) in [6.45, 7) is 5.11. The molecule has 0 spiro atoms. The van der Waals surface area contributed by atoms with Crippen molar-refractivity contribution < 1.29 is 13.9 Å². The first-order valence-electron chi connectivity index (χ1n) is 8.03. The van der Waals surface area contributed by atoms with Crippen LogP contribution in [0.4, 0.5) is 5.82 Å². The van der Waals surface area contributed by atoms with Gasteiger partial charge in [-0.1, -0.05) is 12.1 Å². The second-order valence-corrected chi connectivity index (χ2v) is 5.41. The van der Waals surface area contributed by atoms with Crippen molar-refractivity contribution in [3.63, 3.8) is 0 Å². The Labute approximate surface area is 143 Å². The van der Waals surface area contributed by atoms with Crippen molar-refractivity contribution in [3.8, 4) is 5.75 Å². The molecular formula is C17H18N4O4. The van der Waals surface area contributed by atoms with E-state index in [-0.39, 0.29) is 11.4 Å². The third kappa shape index (κ3) is 3.68. The maximum Gasteiger partial charge on any atom is 0.349 e. The van der Waals surface area contributed by atoms with Crippen molar-refractivity contribution in [2.24, 2.45) is 0 Å². The molecule has 0 saturated carbocycles. The average Bonchev–Trinajstić information content (AvgIpc) is 3.06. The van der Waals surface area contributed by atoms with E-state index in [1.54, 1.807) is 29.1 Å². The highest BCUT2D eigenvalue weighted by Gasteiger charge is 2.15. The SMILES string of the molecule is CCCOc1ccc2cc(C(=O)Nc3cn(CC)nn3)c(=O)oc2c1. The zero-order valence-corrected chi connectivity index (χ0v) is 14.0. The lowest BCUT2D eigenvalue weighted by atomic mass is 10.1. The Balaban J connectivity index is 1.87. The Bertz CT molecular complexity index is 961. The molecule has 0 fully saturated rings. The third-order valence-corrected chi connectivity index (χ3v) is 3.53. The monoisotopic (exact) mass is 342 g/mol. The molecule has 0 unspecified atom stereocenters. The number of aromatic nitrogens is 3. The minimum absolute atomic E-state index is 0.0965. The number of fused-ring (bicyclic) bond motifs is 1. The summed E-state index contributed by atoms with van der Waals surface area (Å²) in [7, 11) is 0. The van der Waals surface area contributed by atoms with E-state index in [0.29, 0.717) is 29.9 Å². The lowest BCUT2D eigenvalue weighted by molar-refractivity contribution is 0.102. The number of aryl methyl sites for hydroxylation is 1. The molecule has 0 aliphatic heterocycles. The van der Waals surface area contributed by atoms with E-state index in [4.69, 9.17) is 9.15 Å². The predicted molar refractivity (Wildman–Crippen MR) is 91.9 cm³/mol. The van der Waals surface area contributed by atoms with Crippen LogP contribution in [0.3, 0.4) is 0 Å². The van der Waals surface area contributed by atoms with Gasteiger partial charge in [0.05, 0.1) is 12.8 Å². The summed E-state index contributed by atoms with van der Waals surface area (Å²) >= 11 is 0. The van der Waals surface area contributed by atoms with Gasteiger partial charge in [0.2, 0.25) is 0 Å². The van der Waals surface area contributed by atoms with E-state index < -0.39 is 11.5 Å². The van der Waals surface area contributed by atoms with Crippen molar-refractivity contribution >= 4 is 22.7 Å². The summed E-state index contributed by atoms with van der Waals surface area (Å²) in [5.41, 5.74) is -0.451. The zero-order valence-electron chi connectivity index (χ0n) is 14.0. The van der Waals surface area contributed by atoms with Crippen LogP contribution in [0.2, 0.25) is 0 Å². The fraction of sp³-hybridized carbons (Fsp3) is 0.294. The van der Waals surface area contributed by atoms with Gasteiger partial charge in [-0.2, -0.15) is 0 Å². The van der Waals surface area contributed by atoms with Crippen LogP contribution in [0.25, 0.3) is 11.0 Å². The van der Waals surface area contributed by atoms with Crippen LogP contribution >= 0.6 is 0 Å². The largest absolute Gasteiger partial charge is 0.493 e. The third-order valence-electron chi connectivity index (χ3n) is 3.53. The van der Waals surface area contributed by atoms with E-state index in [2.05, 4.69) is 15.6 Å². The summed E-state index contributed by atoms with van der Waals surface area (Å²) in [4.78, 5) is 24.5. The molecule has 8 nitrogen and oxygen atoms in total. The van der Waals surface area contributed by atoms with Crippen molar-refractivity contribution in [1.82, 2.24) is 15.0 Å². The number of carbonyl (C=O) groups excluding carboxylic acids is 1. The molecule has 0 bridgehead atoms. The van der Waals surface area contributed by atoms with Crippen molar-refractivity contribution in [3.05, 3.63) is 46.4 Å². The second kappa shape index (κ2) is 7.16. The first-order valence-corrected chi connectivity index (χ1v) is 8.03. The molecule has 0 aliphatic rings. The number of anilines is 1. The van der Waals surface area contributed by atoms with Crippen LogP contribution in [-0.2, 0) is 6.54 Å². The molecule has 1 amide bonds. The Hall–Kier alpha value is -3.16. The zero-order chi connectivity index (χ0) is 17.8. The fourth-order valence-electron chi connectivity index (χ4n) is 2.25. The Morgan fingerprint density at radius 2 is 2.16 bits per heavy atom. The highest BCUT2D eigenvalue weighted by molar-refractivity contribution is 6.04. The van der Waals surface area contributed by atoms with Crippen molar-refractivity contribution in [2.45, 2.75) is 26.8 Å². The summed E-state index contributed by atoms with van der Waals surface area (Å²) < 4.78 is 12.3. The van der Waals surface area contributed by atoms with Gasteiger partial charge in [0.1, 0.15) is 16.9 Å². The predicted octanol–water partition coefficient (Wildman–Crippen LogP) is 2.45. The number of hydrogen-bond acceptors (Lipinski definition) is 6. The molecule has 0 radical (unpaired) electrons. The number of carbonyl (C=O) groups is 1. The minimum atomic E-state index is -0.722.